The second-order valence-corrected chi connectivity index (χ2v) is 9.21. The predicted octanol–water partition coefficient (Wildman–Crippen LogP) is 3.71. The number of aromatic nitrogens is 7. The van der Waals surface area contributed by atoms with Gasteiger partial charge in [0.1, 0.15) is 11.9 Å². The minimum atomic E-state index is -4.83. The molecule has 4 rings (SSSR count). The molecular formula is C25H22F7N9O3. The number of rotatable bonds is 12. The first-order valence-corrected chi connectivity index (χ1v) is 12.6. The Kier molecular flexibility index (Phi) is 9.74. The molecule has 0 radical (unpaired) electrons. The lowest BCUT2D eigenvalue weighted by molar-refractivity contribution is -0.274. The van der Waals surface area contributed by atoms with Crippen molar-refractivity contribution in [3.63, 3.8) is 0 Å². The Balaban J connectivity index is 1.31. The maximum atomic E-state index is 15.1. The van der Waals surface area contributed by atoms with E-state index in [2.05, 4.69) is 40.8 Å². The van der Waals surface area contributed by atoms with Gasteiger partial charge in [-0.05, 0) is 36.2 Å². The van der Waals surface area contributed by atoms with Crippen LogP contribution in [0.1, 0.15) is 44.2 Å². The highest BCUT2D eigenvalue weighted by Crippen LogP contribution is 2.29. The fourth-order valence-electron chi connectivity index (χ4n) is 3.82. The van der Waals surface area contributed by atoms with Gasteiger partial charge in [-0.3, -0.25) is 24.4 Å². The van der Waals surface area contributed by atoms with Crippen LogP contribution in [-0.4, -0.2) is 71.2 Å². The Morgan fingerprint density at radius 2 is 1.80 bits per heavy atom. The molecule has 1 aromatic carbocycles. The summed E-state index contributed by atoms with van der Waals surface area (Å²) in [6.45, 7) is -1.09. The largest absolute Gasteiger partial charge is 0.573 e. The molecule has 1 unspecified atom stereocenters. The van der Waals surface area contributed by atoms with E-state index in [1.54, 1.807) is 0 Å². The summed E-state index contributed by atoms with van der Waals surface area (Å²) in [5.74, 6) is -1.86. The molecule has 0 saturated heterocycles. The Morgan fingerprint density at radius 1 is 1.05 bits per heavy atom. The van der Waals surface area contributed by atoms with Crippen molar-refractivity contribution in [1.29, 1.82) is 0 Å². The molecule has 2 amide bonds. The number of ether oxygens (including phenoxy) is 1. The number of hydrogen-bond donors (Lipinski definition) is 2. The van der Waals surface area contributed by atoms with Crippen LogP contribution in [0.5, 0.6) is 5.75 Å². The summed E-state index contributed by atoms with van der Waals surface area (Å²) >= 11 is 0. The number of alkyl halides is 7. The molecule has 0 bridgehead atoms. The normalized spacial score (nSPS) is 12.5. The van der Waals surface area contributed by atoms with Crippen molar-refractivity contribution in [2.75, 3.05) is 6.54 Å². The number of H-pyrrole nitrogens is 1. The molecule has 4 aromatic rings. The fourth-order valence-corrected chi connectivity index (χ4v) is 3.82. The van der Waals surface area contributed by atoms with Gasteiger partial charge in [0.2, 0.25) is 0 Å². The number of aryl methyl sites for hydroxylation is 1. The number of carbonyl (C=O) groups is 2. The van der Waals surface area contributed by atoms with Gasteiger partial charge in [-0.15, -0.1) is 23.4 Å². The van der Waals surface area contributed by atoms with E-state index in [0.717, 1.165) is 41.6 Å². The van der Waals surface area contributed by atoms with Crippen molar-refractivity contribution in [2.45, 2.75) is 44.8 Å². The smallest absolute Gasteiger partial charge is 0.406 e. The highest BCUT2D eigenvalue weighted by atomic mass is 19.4. The SMILES string of the molecule is O=C(NCc1ccc(OC(F)(F)F)cc1)c1cn(CCC(F)CN(Cc2cc(C(F)(F)F)ccn2)C(=O)c2c[nH]nn2)nn1. The number of carbonyl (C=O) groups excluding carboxylic acids is 2. The number of amides is 2. The van der Waals surface area contributed by atoms with Crippen LogP contribution in [0.3, 0.4) is 0 Å². The van der Waals surface area contributed by atoms with Gasteiger partial charge < -0.3 is 15.0 Å². The molecule has 19 heteroatoms. The van der Waals surface area contributed by atoms with Crippen LogP contribution in [-0.2, 0) is 25.8 Å². The standard InChI is InChI=1S/C25H22F7N9O3/c26-17(12-40(23(43)20-11-35-38-36-20)13-18-9-16(5-7-33-18)24(27,28)29)6-8-41-14-21(37-39-41)22(42)34-10-15-1-3-19(4-2-15)44-25(30,31)32/h1-5,7,9,11,14,17H,6,8,10,12-13H2,(H,34,42)(H,35,36,38). The average Bonchev–Trinajstić information content (AvgIpc) is 3.67. The van der Waals surface area contributed by atoms with E-state index in [9.17, 15) is 35.9 Å². The maximum absolute atomic E-state index is 15.1. The lowest BCUT2D eigenvalue weighted by atomic mass is 10.2. The fraction of sp³-hybridized carbons (Fsp3) is 0.320. The molecule has 12 nitrogen and oxygen atoms in total. The first-order valence-electron chi connectivity index (χ1n) is 12.6. The molecule has 234 valence electrons. The number of hydrogen-bond acceptors (Lipinski definition) is 8. The van der Waals surface area contributed by atoms with Gasteiger partial charge >= 0.3 is 12.5 Å². The summed E-state index contributed by atoms with van der Waals surface area (Å²) in [6, 6.07) is 6.38. The van der Waals surface area contributed by atoms with Crippen LogP contribution < -0.4 is 10.1 Å². The lowest BCUT2D eigenvalue weighted by Crippen LogP contribution is -2.36. The topological polar surface area (TPSA) is 144 Å². The highest BCUT2D eigenvalue weighted by Gasteiger charge is 2.32. The molecule has 0 aliphatic carbocycles. The summed E-state index contributed by atoms with van der Waals surface area (Å²) in [6.07, 6.45) is -8.03. The van der Waals surface area contributed by atoms with E-state index in [-0.39, 0.29) is 36.6 Å². The van der Waals surface area contributed by atoms with Gasteiger partial charge in [0.05, 0.1) is 36.7 Å². The van der Waals surface area contributed by atoms with Crippen LogP contribution in [0, 0.1) is 0 Å². The van der Waals surface area contributed by atoms with Crippen LogP contribution in [0.15, 0.2) is 55.0 Å². The summed E-state index contributed by atoms with van der Waals surface area (Å²) in [4.78, 5) is 30.1. The molecule has 2 N–H and O–H groups in total. The lowest BCUT2D eigenvalue weighted by Gasteiger charge is -2.23. The van der Waals surface area contributed by atoms with Crippen LogP contribution in [0.25, 0.3) is 0 Å². The van der Waals surface area contributed by atoms with Crippen molar-refractivity contribution >= 4 is 11.8 Å². The summed E-state index contributed by atoms with van der Waals surface area (Å²) in [5, 5.41) is 19.3. The molecule has 0 spiro atoms. The molecule has 44 heavy (non-hydrogen) atoms. The molecular weight excluding hydrogens is 607 g/mol. The molecule has 0 fully saturated rings. The zero-order valence-corrected chi connectivity index (χ0v) is 22.3. The van der Waals surface area contributed by atoms with E-state index < -0.39 is 54.9 Å². The number of halogens is 7. The van der Waals surface area contributed by atoms with Gasteiger partial charge in [0.25, 0.3) is 11.8 Å². The predicted molar refractivity (Wildman–Crippen MR) is 134 cm³/mol. The first kappa shape index (κ1) is 31.8. The number of aromatic amines is 1. The molecule has 3 aromatic heterocycles. The molecule has 0 saturated carbocycles. The monoisotopic (exact) mass is 629 g/mol. The average molecular weight is 629 g/mol. The summed E-state index contributed by atoms with van der Waals surface area (Å²) in [5.41, 5.74) is -0.919. The Morgan fingerprint density at radius 3 is 2.45 bits per heavy atom. The van der Waals surface area contributed by atoms with Gasteiger partial charge in [0, 0.05) is 19.3 Å². The molecule has 0 aliphatic rings. The minimum Gasteiger partial charge on any atom is -0.406 e. The van der Waals surface area contributed by atoms with E-state index >= 15 is 4.39 Å². The zero-order valence-electron chi connectivity index (χ0n) is 22.3. The molecule has 1 atom stereocenters. The number of benzene rings is 1. The molecule has 3 heterocycles. The zero-order chi connectivity index (χ0) is 31.9. The third-order valence-electron chi connectivity index (χ3n) is 5.89. The summed E-state index contributed by atoms with van der Waals surface area (Å²) in [7, 11) is 0. The Hall–Kier alpha value is -5.10. The van der Waals surface area contributed by atoms with Crippen molar-refractivity contribution in [1.82, 2.24) is 45.6 Å². The minimum absolute atomic E-state index is 0.0410. The third kappa shape index (κ3) is 9.20. The number of nitrogens with one attached hydrogen (secondary N) is 2. The second kappa shape index (κ2) is 13.5. The van der Waals surface area contributed by atoms with Gasteiger partial charge in [-0.1, -0.05) is 22.6 Å². The van der Waals surface area contributed by atoms with Crippen LogP contribution >= 0.6 is 0 Å². The van der Waals surface area contributed by atoms with E-state index in [1.807, 2.05) is 0 Å². The first-order chi connectivity index (χ1) is 20.8. The van der Waals surface area contributed by atoms with Gasteiger partial charge in [0.15, 0.2) is 11.4 Å². The second-order valence-electron chi connectivity index (χ2n) is 9.21. The summed E-state index contributed by atoms with van der Waals surface area (Å²) < 4.78 is 96.2. The van der Waals surface area contributed by atoms with Crippen LogP contribution in [0.2, 0.25) is 0 Å². The Labute approximate surface area is 243 Å². The van der Waals surface area contributed by atoms with Crippen molar-refractivity contribution in [2.24, 2.45) is 0 Å². The number of pyridine rings is 1. The van der Waals surface area contributed by atoms with Crippen molar-refractivity contribution < 1.29 is 45.1 Å². The van der Waals surface area contributed by atoms with Gasteiger partial charge in [-0.2, -0.15) is 13.2 Å². The Bertz CT molecular complexity index is 1540. The van der Waals surface area contributed by atoms with Crippen molar-refractivity contribution in [3.8, 4) is 5.75 Å². The van der Waals surface area contributed by atoms with E-state index in [0.29, 0.717) is 5.56 Å². The third-order valence-corrected chi connectivity index (χ3v) is 5.89. The molecule has 0 aliphatic heterocycles. The highest BCUT2D eigenvalue weighted by molar-refractivity contribution is 5.92. The van der Waals surface area contributed by atoms with E-state index in [1.165, 1.54) is 23.0 Å². The number of nitrogens with zero attached hydrogens (tertiary/aromatic N) is 7. The van der Waals surface area contributed by atoms with Gasteiger partial charge in [-0.25, -0.2) is 4.39 Å². The van der Waals surface area contributed by atoms with Crippen molar-refractivity contribution in [3.05, 3.63) is 83.2 Å². The maximum Gasteiger partial charge on any atom is 0.573 e. The van der Waals surface area contributed by atoms with Crippen LogP contribution in [0.4, 0.5) is 30.7 Å². The van der Waals surface area contributed by atoms with E-state index in [4.69, 9.17) is 0 Å². The quantitative estimate of drug-likeness (QED) is 0.226.